The number of carbonyl (C=O) groups is 1. The average molecular weight is 464 g/mol. The number of H-pyrrole nitrogens is 1. The molecule has 0 saturated carbocycles. The van der Waals surface area contributed by atoms with E-state index in [1.165, 1.54) is 4.68 Å². The summed E-state index contributed by atoms with van der Waals surface area (Å²) in [4.78, 5) is 12.4. The number of aromatic amines is 1. The van der Waals surface area contributed by atoms with Crippen LogP contribution in [0.3, 0.4) is 0 Å². The number of aromatic nitrogens is 3. The maximum atomic E-state index is 12.4. The predicted octanol–water partition coefficient (Wildman–Crippen LogP) is 5.40. The summed E-state index contributed by atoms with van der Waals surface area (Å²) < 4.78 is 7.10. The second-order valence-electron chi connectivity index (χ2n) is 6.72. The predicted molar refractivity (Wildman–Crippen MR) is 128 cm³/mol. The van der Waals surface area contributed by atoms with Crippen LogP contribution in [0, 0.1) is 4.77 Å². The molecule has 2 N–H and O–H groups in total. The highest BCUT2D eigenvalue weighted by Crippen LogP contribution is 2.21. The van der Waals surface area contributed by atoms with Crippen molar-refractivity contribution in [1.29, 1.82) is 0 Å². The molecule has 0 fully saturated rings. The van der Waals surface area contributed by atoms with Gasteiger partial charge in [-0.3, -0.25) is 4.79 Å². The van der Waals surface area contributed by atoms with Gasteiger partial charge in [-0.15, -0.1) is 0 Å². The third-order valence-electron chi connectivity index (χ3n) is 4.57. The minimum atomic E-state index is -0.227. The van der Waals surface area contributed by atoms with Crippen molar-refractivity contribution in [3.05, 3.63) is 93.7 Å². The summed E-state index contributed by atoms with van der Waals surface area (Å²) in [5.41, 5.74) is 2.77. The lowest BCUT2D eigenvalue weighted by atomic mass is 10.2. The Kier molecular flexibility index (Phi) is 6.44. The quantitative estimate of drug-likeness (QED) is 0.296. The first-order valence-corrected chi connectivity index (χ1v) is 10.4. The second-order valence-corrected chi connectivity index (χ2v) is 7.55. The van der Waals surface area contributed by atoms with E-state index in [1.807, 2.05) is 42.5 Å². The Balaban J connectivity index is 1.54. The SMILES string of the molecule is COc1ccc(-c2n[nH]c(=S)n2N=Cc2cccc(NC(=O)c3ccc(Cl)cc3)c2)cc1. The molecule has 1 aromatic heterocycles. The number of nitrogens with one attached hydrogen (secondary N) is 2. The summed E-state index contributed by atoms with van der Waals surface area (Å²) in [7, 11) is 1.61. The van der Waals surface area contributed by atoms with Crippen molar-refractivity contribution in [2.24, 2.45) is 5.10 Å². The van der Waals surface area contributed by atoms with Crippen molar-refractivity contribution < 1.29 is 9.53 Å². The Morgan fingerprint density at radius 3 is 2.62 bits per heavy atom. The van der Waals surface area contributed by atoms with E-state index in [4.69, 9.17) is 28.6 Å². The number of carbonyl (C=O) groups excluding carboxylic acids is 1. The zero-order chi connectivity index (χ0) is 22.5. The van der Waals surface area contributed by atoms with Crippen molar-refractivity contribution in [2.45, 2.75) is 0 Å². The number of ether oxygens (including phenoxy) is 1. The van der Waals surface area contributed by atoms with Crippen LogP contribution in [0.1, 0.15) is 15.9 Å². The van der Waals surface area contributed by atoms with Crippen LogP contribution in [0.2, 0.25) is 5.02 Å². The van der Waals surface area contributed by atoms with Gasteiger partial charge in [0, 0.05) is 21.8 Å². The number of halogens is 1. The minimum Gasteiger partial charge on any atom is -0.497 e. The maximum Gasteiger partial charge on any atom is 0.255 e. The maximum absolute atomic E-state index is 12.4. The van der Waals surface area contributed by atoms with Crippen molar-refractivity contribution in [3.8, 4) is 17.1 Å². The van der Waals surface area contributed by atoms with Crippen molar-refractivity contribution in [3.63, 3.8) is 0 Å². The molecule has 0 unspecified atom stereocenters. The van der Waals surface area contributed by atoms with E-state index in [9.17, 15) is 4.79 Å². The molecule has 0 radical (unpaired) electrons. The van der Waals surface area contributed by atoms with Gasteiger partial charge in [-0.1, -0.05) is 23.7 Å². The lowest BCUT2D eigenvalue weighted by Crippen LogP contribution is -2.11. The fourth-order valence-electron chi connectivity index (χ4n) is 2.95. The number of benzene rings is 3. The van der Waals surface area contributed by atoms with Gasteiger partial charge in [0.1, 0.15) is 5.75 Å². The van der Waals surface area contributed by atoms with Gasteiger partial charge in [0.05, 0.1) is 13.3 Å². The first-order valence-electron chi connectivity index (χ1n) is 9.57. The number of amides is 1. The Bertz CT molecular complexity index is 1330. The molecule has 32 heavy (non-hydrogen) atoms. The number of hydrogen-bond donors (Lipinski definition) is 2. The van der Waals surface area contributed by atoms with Crippen LogP contribution in [0.15, 0.2) is 77.9 Å². The zero-order valence-corrected chi connectivity index (χ0v) is 18.5. The van der Waals surface area contributed by atoms with Gasteiger partial charge in [0.25, 0.3) is 5.91 Å². The van der Waals surface area contributed by atoms with Gasteiger partial charge >= 0.3 is 0 Å². The van der Waals surface area contributed by atoms with Crippen LogP contribution in [-0.4, -0.2) is 34.1 Å². The molecule has 0 saturated heterocycles. The normalized spacial score (nSPS) is 10.9. The lowest BCUT2D eigenvalue weighted by molar-refractivity contribution is 0.102. The fraction of sp³-hybridized carbons (Fsp3) is 0.0435. The molecule has 1 amide bonds. The molecule has 4 aromatic rings. The monoisotopic (exact) mass is 463 g/mol. The molecule has 3 aromatic carbocycles. The molecule has 7 nitrogen and oxygen atoms in total. The third-order valence-corrected chi connectivity index (χ3v) is 5.09. The molecule has 160 valence electrons. The standard InChI is InChI=1S/C23H18ClN5O2S/c1-31-20-11-7-16(8-12-20)21-27-28-23(32)29(21)25-14-15-3-2-4-19(13-15)26-22(30)17-5-9-18(24)10-6-17/h2-14H,1H3,(H,26,30)(H,28,32). The first-order chi connectivity index (χ1) is 15.5. The van der Waals surface area contributed by atoms with Gasteiger partial charge in [-0.25, -0.2) is 5.10 Å². The van der Waals surface area contributed by atoms with Gasteiger partial charge in [-0.05, 0) is 78.4 Å². The average Bonchev–Trinajstić information content (AvgIpc) is 3.18. The molecule has 9 heteroatoms. The summed E-state index contributed by atoms with van der Waals surface area (Å²) in [6, 6.07) is 21.5. The first kappa shape index (κ1) is 21.5. The highest BCUT2D eigenvalue weighted by atomic mass is 35.5. The second kappa shape index (κ2) is 9.59. The number of methoxy groups -OCH3 is 1. The van der Waals surface area contributed by atoms with Crippen LogP contribution in [0.5, 0.6) is 5.75 Å². The smallest absolute Gasteiger partial charge is 0.255 e. The highest BCUT2D eigenvalue weighted by Gasteiger charge is 2.09. The summed E-state index contributed by atoms with van der Waals surface area (Å²) in [5.74, 6) is 1.09. The van der Waals surface area contributed by atoms with Gasteiger partial charge in [-0.2, -0.15) is 14.9 Å². The zero-order valence-electron chi connectivity index (χ0n) is 16.9. The molecule has 4 rings (SSSR count). The molecular weight excluding hydrogens is 446 g/mol. The van der Waals surface area contributed by atoms with Gasteiger partial charge in [0.2, 0.25) is 4.77 Å². The number of anilines is 1. The summed E-state index contributed by atoms with van der Waals surface area (Å²) in [6.07, 6.45) is 1.65. The fourth-order valence-corrected chi connectivity index (χ4v) is 3.26. The molecule has 0 aliphatic heterocycles. The van der Waals surface area contributed by atoms with Gasteiger partial charge in [0.15, 0.2) is 5.82 Å². The summed E-state index contributed by atoms with van der Waals surface area (Å²) >= 11 is 11.2. The topological polar surface area (TPSA) is 84.3 Å². The Labute approximate surface area is 194 Å². The molecule has 0 atom stereocenters. The van der Waals surface area contributed by atoms with Crippen molar-refractivity contribution >= 4 is 41.6 Å². The van der Waals surface area contributed by atoms with Crippen LogP contribution >= 0.6 is 23.8 Å². The summed E-state index contributed by atoms with van der Waals surface area (Å²) in [6.45, 7) is 0. The largest absolute Gasteiger partial charge is 0.497 e. The van der Waals surface area contributed by atoms with E-state index < -0.39 is 0 Å². The molecule has 0 aliphatic carbocycles. The molecule has 0 spiro atoms. The van der Waals surface area contributed by atoms with Crippen molar-refractivity contribution in [2.75, 3.05) is 12.4 Å². The van der Waals surface area contributed by atoms with E-state index >= 15 is 0 Å². The molecule has 0 bridgehead atoms. The Morgan fingerprint density at radius 2 is 1.91 bits per heavy atom. The van der Waals surface area contributed by atoms with Gasteiger partial charge < -0.3 is 10.1 Å². The van der Waals surface area contributed by atoms with Crippen molar-refractivity contribution in [1.82, 2.24) is 14.9 Å². The lowest BCUT2D eigenvalue weighted by Gasteiger charge is -2.06. The number of hydrogen-bond acceptors (Lipinski definition) is 5. The Hall–Kier alpha value is -3.75. The molecule has 0 aliphatic rings. The third kappa shape index (κ3) is 4.93. The van der Waals surface area contributed by atoms with E-state index in [-0.39, 0.29) is 5.91 Å². The number of nitrogens with zero attached hydrogens (tertiary/aromatic N) is 3. The van der Waals surface area contributed by atoms with E-state index in [0.717, 1.165) is 16.9 Å². The van der Waals surface area contributed by atoms with E-state index in [2.05, 4.69) is 20.6 Å². The minimum absolute atomic E-state index is 0.227. The van der Waals surface area contributed by atoms with Crippen LogP contribution in [0.4, 0.5) is 5.69 Å². The van der Waals surface area contributed by atoms with Crippen LogP contribution in [0.25, 0.3) is 11.4 Å². The molecule has 1 heterocycles. The number of rotatable bonds is 6. The van der Waals surface area contributed by atoms with E-state index in [0.29, 0.717) is 26.9 Å². The highest BCUT2D eigenvalue weighted by molar-refractivity contribution is 7.71. The van der Waals surface area contributed by atoms with Crippen LogP contribution in [-0.2, 0) is 0 Å². The van der Waals surface area contributed by atoms with Crippen LogP contribution < -0.4 is 10.1 Å². The summed E-state index contributed by atoms with van der Waals surface area (Å²) in [5, 5.41) is 15.0. The molecular formula is C23H18ClN5O2S. The Morgan fingerprint density at radius 1 is 1.16 bits per heavy atom. The van der Waals surface area contributed by atoms with E-state index in [1.54, 1.807) is 43.7 Å².